The summed E-state index contributed by atoms with van der Waals surface area (Å²) in [4.78, 5) is 24.3. The fraction of sp³-hybridized carbons (Fsp3) is 0.273. The van der Waals surface area contributed by atoms with Crippen molar-refractivity contribution < 1.29 is 9.59 Å². The molecule has 1 fully saturated rings. The summed E-state index contributed by atoms with van der Waals surface area (Å²) in [7, 11) is 0. The summed E-state index contributed by atoms with van der Waals surface area (Å²) in [6, 6.07) is 2.99. The monoisotopic (exact) mass is 287 g/mol. The molecule has 7 heteroatoms. The number of nitrogens with two attached hydrogens (primary N) is 2. The molecule has 1 heterocycles. The fourth-order valence-electron chi connectivity index (χ4n) is 1.89. The average molecular weight is 288 g/mol. The molecule has 1 unspecified atom stereocenters. The van der Waals surface area contributed by atoms with E-state index in [1.54, 1.807) is 0 Å². The highest BCUT2D eigenvalue weighted by atomic mass is 35.5. The number of hydrogen-bond donors (Lipinski definition) is 2. The van der Waals surface area contributed by atoms with Gasteiger partial charge in [0.25, 0.3) is 0 Å². The van der Waals surface area contributed by atoms with Crippen LogP contribution in [0, 0.1) is 5.92 Å². The molecule has 0 bridgehead atoms. The second-order valence-electron chi connectivity index (χ2n) is 4.13. The zero-order valence-electron chi connectivity index (χ0n) is 9.32. The maximum Gasteiger partial charge on any atom is 0.227 e. The molecule has 1 aromatic rings. The van der Waals surface area contributed by atoms with E-state index in [1.807, 2.05) is 0 Å². The predicted molar refractivity (Wildman–Crippen MR) is 70.5 cm³/mol. The molecule has 1 atom stereocenters. The number of anilines is 2. The Hall–Kier alpha value is -1.46. The maximum atomic E-state index is 11.8. The van der Waals surface area contributed by atoms with Gasteiger partial charge < -0.3 is 16.4 Å². The number of rotatable bonds is 2. The van der Waals surface area contributed by atoms with E-state index in [4.69, 9.17) is 34.7 Å². The molecule has 0 spiro atoms. The van der Waals surface area contributed by atoms with Gasteiger partial charge in [0.2, 0.25) is 11.8 Å². The molecule has 0 aliphatic carbocycles. The molecule has 5 nitrogen and oxygen atoms in total. The fourth-order valence-corrected chi connectivity index (χ4v) is 2.32. The van der Waals surface area contributed by atoms with E-state index in [9.17, 15) is 9.59 Å². The number of nitrogens with zero attached hydrogens (tertiary/aromatic N) is 1. The van der Waals surface area contributed by atoms with E-state index in [0.717, 1.165) is 0 Å². The van der Waals surface area contributed by atoms with E-state index in [-0.39, 0.29) is 18.9 Å². The quantitative estimate of drug-likeness (QED) is 0.806. The molecular formula is C11H11Cl2N3O2. The van der Waals surface area contributed by atoms with E-state index >= 15 is 0 Å². The molecule has 4 N–H and O–H groups in total. The van der Waals surface area contributed by atoms with Gasteiger partial charge in [-0.1, -0.05) is 23.2 Å². The number of carbonyl (C=O) groups excluding carboxylic acids is 2. The summed E-state index contributed by atoms with van der Waals surface area (Å²) in [5, 5.41) is 0.625. The highest BCUT2D eigenvalue weighted by molar-refractivity contribution is 6.37. The standard InChI is InChI=1S/C11H11Cl2N3O2/c12-6-3-9(7(13)2-8(6)14)16-4-5(11(15)18)1-10(16)17/h2-3,5H,1,4,14H2,(H2,15,18). The van der Waals surface area contributed by atoms with Crippen LogP contribution in [0.1, 0.15) is 6.42 Å². The normalized spacial score (nSPS) is 19.3. The van der Waals surface area contributed by atoms with E-state index in [2.05, 4.69) is 0 Å². The third-order valence-corrected chi connectivity index (χ3v) is 3.51. The van der Waals surface area contributed by atoms with Crippen molar-refractivity contribution in [3.8, 4) is 0 Å². The van der Waals surface area contributed by atoms with Crippen molar-refractivity contribution in [3.05, 3.63) is 22.2 Å². The Morgan fingerprint density at radius 3 is 2.56 bits per heavy atom. The summed E-state index contributed by atoms with van der Waals surface area (Å²) < 4.78 is 0. The highest BCUT2D eigenvalue weighted by Gasteiger charge is 2.35. The molecule has 0 aromatic heterocycles. The average Bonchev–Trinajstić information content (AvgIpc) is 2.66. The van der Waals surface area contributed by atoms with Crippen molar-refractivity contribution in [3.63, 3.8) is 0 Å². The van der Waals surface area contributed by atoms with E-state index in [1.165, 1.54) is 17.0 Å². The van der Waals surface area contributed by atoms with Gasteiger partial charge in [-0.25, -0.2) is 0 Å². The first-order chi connectivity index (χ1) is 8.40. The molecule has 1 aliphatic rings. The zero-order chi connectivity index (χ0) is 13.4. The van der Waals surface area contributed by atoms with Gasteiger partial charge in [-0.3, -0.25) is 9.59 Å². The van der Waals surface area contributed by atoms with Crippen LogP contribution >= 0.6 is 23.2 Å². The lowest BCUT2D eigenvalue weighted by Gasteiger charge is -2.18. The first-order valence-electron chi connectivity index (χ1n) is 5.24. The smallest absolute Gasteiger partial charge is 0.227 e. The lowest BCUT2D eigenvalue weighted by molar-refractivity contribution is -0.123. The Bertz CT molecular complexity index is 533. The topological polar surface area (TPSA) is 89.4 Å². The predicted octanol–water partition coefficient (Wildman–Crippen LogP) is 1.41. The molecule has 96 valence electrons. The summed E-state index contributed by atoms with van der Waals surface area (Å²) >= 11 is 11.9. The Labute approximate surface area is 114 Å². The lowest BCUT2D eigenvalue weighted by Crippen LogP contribution is -2.28. The van der Waals surface area contributed by atoms with Crippen LogP contribution in [0.4, 0.5) is 11.4 Å². The number of nitrogen functional groups attached to an aromatic ring is 1. The third-order valence-electron chi connectivity index (χ3n) is 2.88. The van der Waals surface area contributed by atoms with E-state index in [0.29, 0.717) is 21.4 Å². The number of primary amides is 1. The zero-order valence-corrected chi connectivity index (χ0v) is 10.8. The van der Waals surface area contributed by atoms with Crippen LogP contribution in [0.25, 0.3) is 0 Å². The van der Waals surface area contributed by atoms with Gasteiger partial charge in [-0.15, -0.1) is 0 Å². The molecule has 2 amide bonds. The highest BCUT2D eigenvalue weighted by Crippen LogP contribution is 2.36. The molecule has 1 aromatic carbocycles. The molecule has 0 radical (unpaired) electrons. The third kappa shape index (κ3) is 2.23. The molecular weight excluding hydrogens is 277 g/mol. The van der Waals surface area contributed by atoms with Gasteiger partial charge in [-0.05, 0) is 12.1 Å². The summed E-state index contributed by atoms with van der Waals surface area (Å²) in [6.07, 6.45) is 0.0909. The van der Waals surface area contributed by atoms with Gasteiger partial charge in [-0.2, -0.15) is 0 Å². The van der Waals surface area contributed by atoms with Crippen LogP contribution in [0.2, 0.25) is 10.0 Å². The minimum atomic E-state index is -0.497. The van der Waals surface area contributed by atoms with Crippen LogP contribution in [0.3, 0.4) is 0 Å². The van der Waals surface area contributed by atoms with Gasteiger partial charge in [0.1, 0.15) is 0 Å². The minimum Gasteiger partial charge on any atom is -0.397 e. The Balaban J connectivity index is 2.35. The number of amides is 2. The Morgan fingerprint density at radius 2 is 2.00 bits per heavy atom. The molecule has 2 rings (SSSR count). The minimum absolute atomic E-state index is 0.0909. The van der Waals surface area contributed by atoms with Crippen LogP contribution in [-0.4, -0.2) is 18.4 Å². The van der Waals surface area contributed by atoms with Crippen molar-refractivity contribution in [1.82, 2.24) is 0 Å². The van der Waals surface area contributed by atoms with Crippen molar-refractivity contribution >= 4 is 46.4 Å². The lowest BCUT2D eigenvalue weighted by atomic mass is 10.1. The summed E-state index contributed by atoms with van der Waals surface area (Å²) in [5.41, 5.74) is 11.6. The number of carbonyl (C=O) groups is 2. The molecule has 18 heavy (non-hydrogen) atoms. The summed E-state index contributed by atoms with van der Waals surface area (Å²) in [6.45, 7) is 0.216. The molecule has 0 saturated carbocycles. The van der Waals surface area contributed by atoms with Gasteiger partial charge >= 0.3 is 0 Å². The van der Waals surface area contributed by atoms with Crippen LogP contribution < -0.4 is 16.4 Å². The van der Waals surface area contributed by atoms with Gasteiger partial charge in [0, 0.05) is 13.0 Å². The van der Waals surface area contributed by atoms with Crippen molar-refractivity contribution in [2.45, 2.75) is 6.42 Å². The number of halogens is 2. The van der Waals surface area contributed by atoms with Crippen molar-refractivity contribution in [1.29, 1.82) is 0 Å². The largest absolute Gasteiger partial charge is 0.397 e. The molecule has 1 aliphatic heterocycles. The van der Waals surface area contributed by atoms with Gasteiger partial charge in [0.05, 0.1) is 27.3 Å². The second kappa shape index (κ2) is 4.66. The first kappa shape index (κ1) is 13.0. The van der Waals surface area contributed by atoms with Crippen molar-refractivity contribution in [2.24, 2.45) is 11.7 Å². The second-order valence-corrected chi connectivity index (χ2v) is 4.95. The Morgan fingerprint density at radius 1 is 1.33 bits per heavy atom. The number of hydrogen-bond acceptors (Lipinski definition) is 3. The SMILES string of the molecule is NC(=O)C1CC(=O)N(c2cc(Cl)c(N)cc2Cl)C1. The Kier molecular flexibility index (Phi) is 3.36. The number of benzene rings is 1. The molecule has 1 saturated heterocycles. The van der Waals surface area contributed by atoms with Crippen LogP contribution in [-0.2, 0) is 9.59 Å². The van der Waals surface area contributed by atoms with Crippen LogP contribution in [0.5, 0.6) is 0 Å². The van der Waals surface area contributed by atoms with Gasteiger partial charge in [0.15, 0.2) is 0 Å². The first-order valence-corrected chi connectivity index (χ1v) is 6.00. The summed E-state index contributed by atoms with van der Waals surface area (Å²) in [5.74, 6) is -1.20. The van der Waals surface area contributed by atoms with E-state index < -0.39 is 11.8 Å². The maximum absolute atomic E-state index is 11.8. The van der Waals surface area contributed by atoms with Crippen LogP contribution in [0.15, 0.2) is 12.1 Å². The van der Waals surface area contributed by atoms with Crippen molar-refractivity contribution in [2.75, 3.05) is 17.2 Å².